The fourth-order valence-corrected chi connectivity index (χ4v) is 4.49. The van der Waals surface area contributed by atoms with Crippen LogP contribution in [0.3, 0.4) is 0 Å². The molecule has 20 heavy (non-hydrogen) atoms. The molecule has 0 spiro atoms. The number of hydrogen-bond acceptors (Lipinski definition) is 2. The molecule has 1 amide bonds. The molecule has 0 N–H and O–H groups in total. The van der Waals surface area contributed by atoms with E-state index in [4.69, 9.17) is 0 Å². The number of nitrogens with zero attached hydrogens (tertiary/aromatic N) is 1. The minimum atomic E-state index is 0.236. The standard InChI is InChI=1S/C17H17NOS/c19-17(18-9-3-4-10-18)15-11-13-8-7-12-5-1-2-6-14(12)16(13)20-15/h1-2,5-6,11H,3-4,7-10H2. The van der Waals surface area contributed by atoms with Gasteiger partial charge in [0.15, 0.2) is 0 Å². The Labute approximate surface area is 123 Å². The smallest absolute Gasteiger partial charge is 0.263 e. The number of rotatable bonds is 1. The molecule has 2 aliphatic rings. The number of amides is 1. The van der Waals surface area contributed by atoms with Gasteiger partial charge in [-0.3, -0.25) is 4.79 Å². The monoisotopic (exact) mass is 283 g/mol. The van der Waals surface area contributed by atoms with Crippen LogP contribution in [0.15, 0.2) is 30.3 Å². The molecule has 1 aliphatic carbocycles. The lowest BCUT2D eigenvalue weighted by Crippen LogP contribution is -2.26. The highest BCUT2D eigenvalue weighted by Crippen LogP contribution is 2.39. The predicted molar refractivity (Wildman–Crippen MR) is 82.3 cm³/mol. The van der Waals surface area contributed by atoms with Gasteiger partial charge >= 0.3 is 0 Å². The Balaban J connectivity index is 1.73. The molecule has 1 fully saturated rings. The predicted octanol–water partition coefficient (Wildman–Crippen LogP) is 3.75. The highest BCUT2D eigenvalue weighted by molar-refractivity contribution is 7.17. The summed E-state index contributed by atoms with van der Waals surface area (Å²) in [4.78, 5) is 16.8. The lowest BCUT2D eigenvalue weighted by Gasteiger charge is -2.15. The summed E-state index contributed by atoms with van der Waals surface area (Å²) in [5, 5.41) is 0. The maximum absolute atomic E-state index is 12.5. The Hall–Kier alpha value is -1.61. The fourth-order valence-electron chi connectivity index (χ4n) is 3.25. The Kier molecular flexibility index (Phi) is 2.88. The molecule has 1 aromatic carbocycles. The van der Waals surface area contributed by atoms with E-state index in [2.05, 4.69) is 30.3 Å². The number of likely N-dealkylation sites (tertiary alicyclic amines) is 1. The van der Waals surface area contributed by atoms with E-state index in [1.807, 2.05) is 4.90 Å². The molecule has 1 saturated heterocycles. The van der Waals surface area contributed by atoms with Crippen molar-refractivity contribution in [3.05, 3.63) is 46.3 Å². The molecule has 2 heterocycles. The highest BCUT2D eigenvalue weighted by atomic mass is 32.1. The highest BCUT2D eigenvalue weighted by Gasteiger charge is 2.25. The summed E-state index contributed by atoms with van der Waals surface area (Å²) in [5.41, 5.74) is 4.11. The van der Waals surface area contributed by atoms with Gasteiger partial charge in [0.2, 0.25) is 0 Å². The van der Waals surface area contributed by atoms with E-state index in [0.717, 1.165) is 43.6 Å². The van der Waals surface area contributed by atoms with Crippen molar-refractivity contribution in [1.82, 2.24) is 4.90 Å². The zero-order valence-corrected chi connectivity index (χ0v) is 12.2. The van der Waals surface area contributed by atoms with Gasteiger partial charge in [-0.1, -0.05) is 24.3 Å². The van der Waals surface area contributed by atoms with Gasteiger partial charge < -0.3 is 4.90 Å². The minimum Gasteiger partial charge on any atom is -0.338 e. The summed E-state index contributed by atoms with van der Waals surface area (Å²) >= 11 is 1.68. The van der Waals surface area contributed by atoms with Gasteiger partial charge in [-0.05, 0) is 48.4 Å². The number of thiophene rings is 1. The molecule has 1 aliphatic heterocycles. The van der Waals surface area contributed by atoms with Crippen LogP contribution in [0.25, 0.3) is 10.4 Å². The van der Waals surface area contributed by atoms with Crippen molar-refractivity contribution in [3.63, 3.8) is 0 Å². The van der Waals surface area contributed by atoms with Crippen LogP contribution in [0.1, 0.15) is 33.6 Å². The number of carbonyl (C=O) groups is 1. The van der Waals surface area contributed by atoms with Crippen LogP contribution in [-0.2, 0) is 12.8 Å². The van der Waals surface area contributed by atoms with Crippen molar-refractivity contribution >= 4 is 17.2 Å². The van der Waals surface area contributed by atoms with Gasteiger partial charge in [0.25, 0.3) is 5.91 Å². The summed E-state index contributed by atoms with van der Waals surface area (Å²) in [5.74, 6) is 0.236. The molecule has 1 aromatic heterocycles. The van der Waals surface area contributed by atoms with Crippen LogP contribution in [0.5, 0.6) is 0 Å². The zero-order valence-electron chi connectivity index (χ0n) is 11.4. The third kappa shape index (κ3) is 1.88. The fraction of sp³-hybridized carbons (Fsp3) is 0.353. The first-order chi connectivity index (χ1) is 9.83. The average Bonchev–Trinajstić information content (AvgIpc) is 3.15. The van der Waals surface area contributed by atoms with Crippen molar-refractivity contribution in [3.8, 4) is 10.4 Å². The summed E-state index contributed by atoms with van der Waals surface area (Å²) < 4.78 is 0. The van der Waals surface area contributed by atoms with E-state index in [9.17, 15) is 4.79 Å². The topological polar surface area (TPSA) is 20.3 Å². The molecular weight excluding hydrogens is 266 g/mol. The van der Waals surface area contributed by atoms with Crippen LogP contribution < -0.4 is 0 Å². The van der Waals surface area contributed by atoms with E-state index in [0.29, 0.717) is 0 Å². The van der Waals surface area contributed by atoms with Gasteiger partial charge in [0.1, 0.15) is 0 Å². The van der Waals surface area contributed by atoms with Crippen molar-refractivity contribution in [2.45, 2.75) is 25.7 Å². The van der Waals surface area contributed by atoms with Gasteiger partial charge in [-0.25, -0.2) is 0 Å². The van der Waals surface area contributed by atoms with Gasteiger partial charge in [-0.15, -0.1) is 11.3 Å². The second-order valence-corrected chi connectivity index (χ2v) is 6.67. The molecule has 2 aromatic rings. The zero-order chi connectivity index (χ0) is 13.5. The first-order valence-electron chi connectivity index (χ1n) is 7.33. The third-order valence-electron chi connectivity index (χ3n) is 4.34. The first-order valence-corrected chi connectivity index (χ1v) is 8.15. The summed E-state index contributed by atoms with van der Waals surface area (Å²) in [6, 6.07) is 10.7. The maximum atomic E-state index is 12.5. The number of hydrogen-bond donors (Lipinski definition) is 0. The van der Waals surface area contributed by atoms with Crippen molar-refractivity contribution < 1.29 is 4.79 Å². The molecular formula is C17H17NOS. The van der Waals surface area contributed by atoms with E-state index >= 15 is 0 Å². The lowest BCUT2D eigenvalue weighted by atomic mass is 9.91. The van der Waals surface area contributed by atoms with Crippen LogP contribution in [0, 0.1) is 0 Å². The first kappa shape index (κ1) is 12.2. The Morgan fingerprint density at radius 1 is 1.05 bits per heavy atom. The Bertz CT molecular complexity index is 667. The molecule has 0 bridgehead atoms. The van der Waals surface area contributed by atoms with Gasteiger partial charge in [0.05, 0.1) is 4.88 Å². The van der Waals surface area contributed by atoms with E-state index in [1.54, 1.807) is 11.3 Å². The van der Waals surface area contributed by atoms with Gasteiger partial charge in [-0.2, -0.15) is 0 Å². The number of fused-ring (bicyclic) bond motifs is 3. The SMILES string of the molecule is O=C(c1cc2c(s1)-c1ccccc1CC2)N1CCCC1. The molecule has 0 atom stereocenters. The maximum Gasteiger partial charge on any atom is 0.263 e. The van der Waals surface area contributed by atoms with Gasteiger partial charge in [0, 0.05) is 18.0 Å². The second-order valence-electron chi connectivity index (χ2n) is 5.62. The van der Waals surface area contributed by atoms with E-state index in [-0.39, 0.29) is 5.91 Å². The summed E-state index contributed by atoms with van der Waals surface area (Å²) in [6.45, 7) is 1.86. The molecule has 3 heteroatoms. The second kappa shape index (κ2) is 4.74. The Morgan fingerprint density at radius 2 is 1.80 bits per heavy atom. The number of aryl methyl sites for hydroxylation is 2. The average molecular weight is 283 g/mol. The summed E-state index contributed by atoms with van der Waals surface area (Å²) in [6.07, 6.45) is 4.46. The Morgan fingerprint density at radius 3 is 2.65 bits per heavy atom. The molecule has 2 nitrogen and oxygen atoms in total. The van der Waals surface area contributed by atoms with Crippen LogP contribution >= 0.6 is 11.3 Å². The normalized spacial score (nSPS) is 16.9. The van der Waals surface area contributed by atoms with Crippen LogP contribution in [0.4, 0.5) is 0 Å². The number of carbonyl (C=O) groups excluding carboxylic acids is 1. The molecule has 0 unspecified atom stereocenters. The summed E-state index contributed by atoms with van der Waals surface area (Å²) in [7, 11) is 0. The van der Waals surface area contributed by atoms with Crippen LogP contribution in [0.2, 0.25) is 0 Å². The van der Waals surface area contributed by atoms with Crippen LogP contribution in [-0.4, -0.2) is 23.9 Å². The lowest BCUT2D eigenvalue weighted by molar-refractivity contribution is 0.0797. The van der Waals surface area contributed by atoms with Crippen molar-refractivity contribution in [1.29, 1.82) is 0 Å². The quantitative estimate of drug-likeness (QED) is 0.780. The molecule has 0 radical (unpaired) electrons. The minimum absolute atomic E-state index is 0.236. The van der Waals surface area contributed by atoms with E-state index < -0.39 is 0 Å². The molecule has 4 rings (SSSR count). The van der Waals surface area contributed by atoms with Crippen molar-refractivity contribution in [2.75, 3.05) is 13.1 Å². The molecule has 102 valence electrons. The van der Waals surface area contributed by atoms with E-state index in [1.165, 1.54) is 21.6 Å². The number of benzene rings is 1. The van der Waals surface area contributed by atoms with Crippen molar-refractivity contribution in [2.24, 2.45) is 0 Å². The third-order valence-corrected chi connectivity index (χ3v) is 5.54. The molecule has 0 saturated carbocycles. The largest absolute Gasteiger partial charge is 0.338 e.